The number of aryl methyl sites for hydroxylation is 1. The highest BCUT2D eigenvalue weighted by Crippen LogP contribution is 2.25. The lowest BCUT2D eigenvalue weighted by atomic mass is 9.94. The van der Waals surface area contributed by atoms with E-state index in [2.05, 4.69) is 10.0 Å². The second-order valence-electron chi connectivity index (χ2n) is 7.67. The number of hydrogen-bond acceptors (Lipinski definition) is 3. The number of sulfonamides is 1. The average molecular weight is 457 g/mol. The predicted octanol–water partition coefficient (Wildman–Crippen LogP) is 5.32. The summed E-state index contributed by atoms with van der Waals surface area (Å²) in [5.74, 6) is -0.246. The molecule has 0 saturated carbocycles. The van der Waals surface area contributed by atoms with Crippen LogP contribution in [0.15, 0.2) is 114 Å². The molecule has 5 nitrogen and oxygen atoms in total. The fourth-order valence-corrected chi connectivity index (χ4v) is 4.69. The Bertz CT molecular complexity index is 1340. The minimum Gasteiger partial charge on any atom is -0.341 e. The van der Waals surface area contributed by atoms with Gasteiger partial charge in [-0.2, -0.15) is 0 Å². The van der Waals surface area contributed by atoms with Gasteiger partial charge in [0, 0.05) is 11.3 Å². The van der Waals surface area contributed by atoms with Crippen LogP contribution in [-0.2, 0) is 10.0 Å². The van der Waals surface area contributed by atoms with Crippen LogP contribution in [-0.4, -0.2) is 14.3 Å². The Hall–Kier alpha value is -3.90. The molecule has 0 aliphatic carbocycles. The number of carbonyl (C=O) groups excluding carboxylic acids is 1. The monoisotopic (exact) mass is 456 g/mol. The van der Waals surface area contributed by atoms with Crippen LogP contribution in [0, 0.1) is 6.92 Å². The Balaban J connectivity index is 1.54. The number of carbonyl (C=O) groups is 1. The minimum atomic E-state index is -3.69. The molecule has 166 valence electrons. The van der Waals surface area contributed by atoms with E-state index in [4.69, 9.17) is 0 Å². The molecular weight excluding hydrogens is 432 g/mol. The van der Waals surface area contributed by atoms with Gasteiger partial charge in [-0.1, -0.05) is 72.8 Å². The highest BCUT2D eigenvalue weighted by molar-refractivity contribution is 7.92. The van der Waals surface area contributed by atoms with Gasteiger partial charge < -0.3 is 5.32 Å². The van der Waals surface area contributed by atoms with E-state index >= 15 is 0 Å². The molecule has 0 aliphatic rings. The van der Waals surface area contributed by atoms with Gasteiger partial charge in [-0.25, -0.2) is 8.42 Å². The van der Waals surface area contributed by atoms with Crippen LogP contribution in [0.4, 0.5) is 5.69 Å². The maximum Gasteiger partial charge on any atom is 0.261 e. The molecule has 4 aromatic rings. The van der Waals surface area contributed by atoms with Gasteiger partial charge >= 0.3 is 0 Å². The third-order valence-corrected chi connectivity index (χ3v) is 6.76. The lowest BCUT2D eigenvalue weighted by molar-refractivity contribution is 0.0943. The Labute approximate surface area is 194 Å². The summed E-state index contributed by atoms with van der Waals surface area (Å²) in [6, 6.07) is 32.0. The number of benzene rings is 4. The SMILES string of the molecule is Cc1ccccc1[C@@H](NC(=O)c1ccc(NS(=O)(=O)c2ccccc2)cc1)c1ccccc1. The van der Waals surface area contributed by atoms with Gasteiger partial charge in [-0.05, 0) is 60.0 Å². The van der Waals surface area contributed by atoms with Crippen molar-refractivity contribution in [1.82, 2.24) is 5.32 Å². The Morgan fingerprint density at radius 2 is 1.30 bits per heavy atom. The van der Waals surface area contributed by atoms with Crippen molar-refractivity contribution >= 4 is 21.6 Å². The molecule has 0 unspecified atom stereocenters. The van der Waals surface area contributed by atoms with Crippen LogP contribution in [0.2, 0.25) is 0 Å². The van der Waals surface area contributed by atoms with E-state index in [1.54, 1.807) is 42.5 Å². The Morgan fingerprint density at radius 3 is 1.94 bits per heavy atom. The zero-order valence-corrected chi connectivity index (χ0v) is 18.9. The second kappa shape index (κ2) is 9.71. The zero-order valence-electron chi connectivity index (χ0n) is 18.1. The van der Waals surface area contributed by atoms with E-state index in [-0.39, 0.29) is 16.8 Å². The molecule has 33 heavy (non-hydrogen) atoms. The molecule has 1 amide bonds. The molecule has 1 atom stereocenters. The van der Waals surface area contributed by atoms with Gasteiger partial charge in [-0.3, -0.25) is 9.52 Å². The fraction of sp³-hybridized carbons (Fsp3) is 0.0741. The molecule has 0 aromatic heterocycles. The first kappa shape index (κ1) is 22.3. The van der Waals surface area contributed by atoms with Crippen molar-refractivity contribution in [2.24, 2.45) is 0 Å². The Morgan fingerprint density at radius 1 is 0.727 bits per heavy atom. The number of amides is 1. The van der Waals surface area contributed by atoms with E-state index < -0.39 is 10.0 Å². The summed E-state index contributed by atoms with van der Waals surface area (Å²) in [7, 11) is -3.69. The van der Waals surface area contributed by atoms with Crippen molar-refractivity contribution in [3.8, 4) is 0 Å². The van der Waals surface area contributed by atoms with E-state index in [9.17, 15) is 13.2 Å². The van der Waals surface area contributed by atoms with E-state index in [0.29, 0.717) is 11.3 Å². The lowest BCUT2D eigenvalue weighted by Crippen LogP contribution is -2.29. The van der Waals surface area contributed by atoms with Gasteiger partial charge in [0.25, 0.3) is 15.9 Å². The molecule has 4 aromatic carbocycles. The van der Waals surface area contributed by atoms with Crippen molar-refractivity contribution < 1.29 is 13.2 Å². The van der Waals surface area contributed by atoms with E-state index in [1.807, 2.05) is 61.5 Å². The molecule has 0 heterocycles. The molecule has 0 fully saturated rings. The molecule has 4 rings (SSSR count). The summed E-state index contributed by atoms with van der Waals surface area (Å²) in [6.07, 6.45) is 0. The maximum absolute atomic E-state index is 13.1. The molecule has 0 radical (unpaired) electrons. The van der Waals surface area contributed by atoms with Crippen molar-refractivity contribution in [2.45, 2.75) is 17.9 Å². The Kier molecular flexibility index (Phi) is 6.56. The highest BCUT2D eigenvalue weighted by Gasteiger charge is 2.20. The van der Waals surface area contributed by atoms with E-state index in [1.165, 1.54) is 12.1 Å². The van der Waals surface area contributed by atoms with Crippen LogP contribution in [0.25, 0.3) is 0 Å². The largest absolute Gasteiger partial charge is 0.341 e. The number of hydrogen-bond donors (Lipinski definition) is 2. The predicted molar refractivity (Wildman–Crippen MR) is 131 cm³/mol. The number of anilines is 1. The standard InChI is InChI=1S/C27H24N2O3S/c1-20-10-8-9-15-25(20)26(21-11-4-2-5-12-21)28-27(30)22-16-18-23(19-17-22)29-33(31,32)24-13-6-3-7-14-24/h2-19,26,29H,1H3,(H,28,30)/t26-/m0/s1. The van der Waals surface area contributed by atoms with Crippen molar-refractivity contribution in [3.05, 3.63) is 131 Å². The van der Waals surface area contributed by atoms with Crippen LogP contribution in [0.1, 0.15) is 33.1 Å². The van der Waals surface area contributed by atoms with E-state index in [0.717, 1.165) is 16.7 Å². The fourth-order valence-electron chi connectivity index (χ4n) is 3.61. The highest BCUT2D eigenvalue weighted by atomic mass is 32.2. The summed E-state index contributed by atoms with van der Waals surface area (Å²) in [4.78, 5) is 13.3. The lowest BCUT2D eigenvalue weighted by Gasteiger charge is -2.22. The summed E-state index contributed by atoms with van der Waals surface area (Å²) < 4.78 is 27.6. The number of rotatable bonds is 7. The average Bonchev–Trinajstić information content (AvgIpc) is 2.84. The quantitative estimate of drug-likeness (QED) is 0.395. The molecule has 0 spiro atoms. The topological polar surface area (TPSA) is 75.3 Å². The van der Waals surface area contributed by atoms with Gasteiger partial charge in [0.15, 0.2) is 0 Å². The molecule has 0 aliphatic heterocycles. The van der Waals surface area contributed by atoms with Crippen molar-refractivity contribution in [3.63, 3.8) is 0 Å². The number of nitrogens with one attached hydrogen (secondary N) is 2. The van der Waals surface area contributed by atoms with Gasteiger partial charge in [0.1, 0.15) is 0 Å². The maximum atomic E-state index is 13.1. The van der Waals surface area contributed by atoms with Crippen LogP contribution in [0.3, 0.4) is 0 Å². The first-order valence-electron chi connectivity index (χ1n) is 10.5. The summed E-state index contributed by atoms with van der Waals surface area (Å²) >= 11 is 0. The van der Waals surface area contributed by atoms with Gasteiger partial charge in [0.2, 0.25) is 0 Å². The third kappa shape index (κ3) is 5.30. The van der Waals surface area contributed by atoms with Crippen LogP contribution < -0.4 is 10.0 Å². The van der Waals surface area contributed by atoms with Crippen molar-refractivity contribution in [2.75, 3.05) is 4.72 Å². The smallest absolute Gasteiger partial charge is 0.261 e. The first-order chi connectivity index (χ1) is 15.9. The minimum absolute atomic E-state index is 0.177. The molecule has 2 N–H and O–H groups in total. The normalized spacial score (nSPS) is 12.0. The van der Waals surface area contributed by atoms with Crippen LogP contribution >= 0.6 is 0 Å². The molecular formula is C27H24N2O3S. The zero-order chi connectivity index (χ0) is 23.3. The molecule has 0 saturated heterocycles. The summed E-state index contributed by atoms with van der Waals surface area (Å²) in [5, 5.41) is 3.12. The third-order valence-electron chi connectivity index (χ3n) is 5.36. The van der Waals surface area contributed by atoms with Crippen molar-refractivity contribution in [1.29, 1.82) is 0 Å². The first-order valence-corrected chi connectivity index (χ1v) is 12.0. The summed E-state index contributed by atoms with van der Waals surface area (Å²) in [5.41, 5.74) is 3.90. The molecule has 6 heteroatoms. The summed E-state index contributed by atoms with van der Waals surface area (Å²) in [6.45, 7) is 2.02. The second-order valence-corrected chi connectivity index (χ2v) is 9.35. The molecule has 0 bridgehead atoms. The van der Waals surface area contributed by atoms with Gasteiger partial charge in [-0.15, -0.1) is 0 Å². The van der Waals surface area contributed by atoms with Gasteiger partial charge in [0.05, 0.1) is 10.9 Å². The van der Waals surface area contributed by atoms with Crippen LogP contribution in [0.5, 0.6) is 0 Å².